The second-order valence-electron chi connectivity index (χ2n) is 8.20. The number of hydrazine groups is 1. The molecule has 0 heterocycles. The third kappa shape index (κ3) is 11.4. The number of carbonyl (C=O) groups excluding carboxylic acids is 2. The van der Waals surface area contributed by atoms with Gasteiger partial charge in [-0.05, 0) is 43.7 Å². The topological polar surface area (TPSA) is 192 Å². The molecule has 0 unspecified atom stereocenters. The van der Waals surface area contributed by atoms with Crippen LogP contribution in [0.2, 0.25) is 0 Å². The maximum atomic E-state index is 12.9. The predicted octanol–water partition coefficient (Wildman–Crippen LogP) is -0.00620. The van der Waals surface area contributed by atoms with Gasteiger partial charge in [0.05, 0.1) is 5.94 Å². The Morgan fingerprint density at radius 2 is 1.88 bits per heavy atom. The Labute approximate surface area is 199 Å². The SMILES string of the molecule is CC(=Cc1ccccc1)C(=O)N[C@@H](CCCN=C(N)N[N+](=O)[O-])C(=O)N[C@@H](CC(C)C)B(O)O. The van der Waals surface area contributed by atoms with Crippen LogP contribution in [0.1, 0.15) is 45.6 Å². The maximum absolute atomic E-state index is 12.9. The van der Waals surface area contributed by atoms with E-state index in [1.807, 2.05) is 44.2 Å². The smallest absolute Gasteiger partial charge is 0.426 e. The first-order valence-corrected chi connectivity index (χ1v) is 10.9. The van der Waals surface area contributed by atoms with E-state index in [1.54, 1.807) is 18.4 Å². The number of aliphatic imine (C=N–C) groups is 1. The fourth-order valence-corrected chi connectivity index (χ4v) is 3.08. The van der Waals surface area contributed by atoms with Crippen molar-refractivity contribution in [3.63, 3.8) is 0 Å². The molecule has 0 aliphatic heterocycles. The van der Waals surface area contributed by atoms with E-state index in [9.17, 15) is 29.8 Å². The molecule has 1 aromatic carbocycles. The number of benzene rings is 1. The lowest BCUT2D eigenvalue weighted by Crippen LogP contribution is -2.54. The molecule has 1 rings (SSSR count). The molecule has 34 heavy (non-hydrogen) atoms. The number of rotatable bonds is 13. The minimum atomic E-state index is -1.76. The van der Waals surface area contributed by atoms with Crippen LogP contribution in [0.4, 0.5) is 0 Å². The van der Waals surface area contributed by atoms with Crippen LogP contribution >= 0.6 is 0 Å². The summed E-state index contributed by atoms with van der Waals surface area (Å²) in [6.45, 7) is 5.44. The van der Waals surface area contributed by atoms with Crippen molar-refractivity contribution < 1.29 is 24.7 Å². The standard InChI is InChI=1S/C21H33BN6O6/c1-14(2)12-18(22(31)32)26-20(30)17(10-7-11-24-21(23)27-28(33)34)25-19(29)15(3)13-16-8-5-4-6-9-16/h4-6,8-9,13-14,17-18,31-32H,7,10-12H2,1-3H3,(H,25,29)(H,26,30)(H3,23,24,27)/t17-,18-/m0/s1. The lowest BCUT2D eigenvalue weighted by molar-refractivity contribution is -0.525. The van der Waals surface area contributed by atoms with Gasteiger partial charge in [0.1, 0.15) is 6.04 Å². The molecule has 12 nitrogen and oxygen atoms in total. The Morgan fingerprint density at radius 3 is 2.44 bits per heavy atom. The number of nitrogens with two attached hydrogens (primary N) is 1. The van der Waals surface area contributed by atoms with Crippen LogP contribution in [0.15, 0.2) is 40.9 Å². The van der Waals surface area contributed by atoms with Gasteiger partial charge in [0.15, 0.2) is 5.03 Å². The average Bonchev–Trinajstić information content (AvgIpc) is 2.74. The number of nitrogens with one attached hydrogen (secondary N) is 3. The molecule has 0 radical (unpaired) electrons. The molecule has 13 heteroatoms. The fraction of sp³-hybridized carbons (Fsp3) is 0.476. The molecule has 0 saturated carbocycles. The van der Waals surface area contributed by atoms with E-state index in [2.05, 4.69) is 15.6 Å². The normalized spacial score (nSPS) is 13.7. The minimum absolute atomic E-state index is 0.0726. The summed E-state index contributed by atoms with van der Waals surface area (Å²) in [6.07, 6.45) is 2.42. The number of nitro groups is 1. The van der Waals surface area contributed by atoms with Gasteiger partial charge >= 0.3 is 7.12 Å². The number of hydrogen-bond acceptors (Lipinski definition) is 7. The van der Waals surface area contributed by atoms with E-state index in [0.29, 0.717) is 12.0 Å². The largest absolute Gasteiger partial charge is 0.475 e. The van der Waals surface area contributed by atoms with Gasteiger partial charge in [0.25, 0.3) is 5.96 Å². The predicted molar refractivity (Wildman–Crippen MR) is 129 cm³/mol. The molecular formula is C21H33BN6O6. The van der Waals surface area contributed by atoms with Crippen LogP contribution in [0.25, 0.3) is 6.08 Å². The Hall–Kier alpha value is -3.45. The van der Waals surface area contributed by atoms with Crippen molar-refractivity contribution >= 4 is 31.0 Å². The van der Waals surface area contributed by atoms with E-state index in [0.717, 1.165) is 5.56 Å². The van der Waals surface area contributed by atoms with Crippen LogP contribution in [-0.4, -0.2) is 58.5 Å². The van der Waals surface area contributed by atoms with Gasteiger partial charge in [0, 0.05) is 12.1 Å². The maximum Gasteiger partial charge on any atom is 0.475 e. The Morgan fingerprint density at radius 1 is 1.24 bits per heavy atom. The van der Waals surface area contributed by atoms with Gasteiger partial charge < -0.3 is 26.4 Å². The van der Waals surface area contributed by atoms with E-state index in [-0.39, 0.29) is 31.3 Å². The number of guanidine groups is 1. The molecule has 0 bridgehead atoms. The minimum Gasteiger partial charge on any atom is -0.426 e. The summed E-state index contributed by atoms with van der Waals surface area (Å²) in [5.41, 5.74) is 8.29. The molecule has 0 aliphatic carbocycles. The fourth-order valence-electron chi connectivity index (χ4n) is 3.08. The van der Waals surface area contributed by atoms with Crippen molar-refractivity contribution in [1.82, 2.24) is 16.1 Å². The van der Waals surface area contributed by atoms with Crippen LogP contribution < -0.4 is 21.8 Å². The van der Waals surface area contributed by atoms with Crippen LogP contribution in [0.5, 0.6) is 0 Å². The van der Waals surface area contributed by atoms with Crippen molar-refractivity contribution in [2.45, 2.75) is 52.0 Å². The monoisotopic (exact) mass is 476 g/mol. The van der Waals surface area contributed by atoms with Gasteiger partial charge in [-0.1, -0.05) is 49.6 Å². The summed E-state index contributed by atoms with van der Waals surface area (Å²) in [7, 11) is -1.76. The molecule has 7 N–H and O–H groups in total. The van der Waals surface area contributed by atoms with E-state index in [1.165, 1.54) is 0 Å². The molecular weight excluding hydrogens is 443 g/mol. The first kappa shape index (κ1) is 28.6. The highest BCUT2D eigenvalue weighted by atomic mass is 16.7. The van der Waals surface area contributed by atoms with Gasteiger partial charge in [-0.15, -0.1) is 0 Å². The van der Waals surface area contributed by atoms with Gasteiger partial charge in [-0.2, -0.15) is 0 Å². The molecule has 0 aliphatic rings. The number of amides is 2. The highest BCUT2D eigenvalue weighted by Gasteiger charge is 2.29. The van der Waals surface area contributed by atoms with Crippen molar-refractivity contribution in [3.05, 3.63) is 51.6 Å². The average molecular weight is 476 g/mol. The van der Waals surface area contributed by atoms with Crippen molar-refractivity contribution in [2.75, 3.05) is 6.54 Å². The zero-order chi connectivity index (χ0) is 25.7. The zero-order valence-electron chi connectivity index (χ0n) is 19.6. The third-order valence-electron chi connectivity index (χ3n) is 4.71. The Kier molecular flexibility index (Phi) is 12.3. The van der Waals surface area contributed by atoms with E-state index < -0.39 is 35.9 Å². The number of carbonyl (C=O) groups is 2. The van der Waals surface area contributed by atoms with Gasteiger partial charge in [-0.3, -0.25) is 9.59 Å². The highest BCUT2D eigenvalue weighted by molar-refractivity contribution is 6.43. The lowest BCUT2D eigenvalue weighted by Gasteiger charge is -2.24. The van der Waals surface area contributed by atoms with Crippen LogP contribution in [0, 0.1) is 16.0 Å². The molecule has 186 valence electrons. The van der Waals surface area contributed by atoms with E-state index in [4.69, 9.17) is 5.73 Å². The van der Waals surface area contributed by atoms with Crippen molar-refractivity contribution in [1.29, 1.82) is 0 Å². The Bertz CT molecular complexity index is 878. The summed E-state index contributed by atoms with van der Waals surface area (Å²) >= 11 is 0. The van der Waals surface area contributed by atoms with Gasteiger partial charge in [0.2, 0.25) is 11.8 Å². The third-order valence-corrected chi connectivity index (χ3v) is 4.71. The summed E-state index contributed by atoms with van der Waals surface area (Å²) in [5, 5.41) is 34.0. The molecule has 0 fully saturated rings. The molecule has 0 aromatic heterocycles. The van der Waals surface area contributed by atoms with Crippen LogP contribution in [-0.2, 0) is 9.59 Å². The zero-order valence-corrected chi connectivity index (χ0v) is 19.6. The summed E-state index contributed by atoms with van der Waals surface area (Å²) in [6, 6.07) is 8.19. The van der Waals surface area contributed by atoms with Crippen molar-refractivity contribution in [3.8, 4) is 0 Å². The Balaban J connectivity index is 2.92. The molecule has 0 spiro atoms. The molecule has 2 atom stereocenters. The first-order valence-electron chi connectivity index (χ1n) is 10.9. The quantitative estimate of drug-likeness (QED) is 0.0435. The van der Waals surface area contributed by atoms with Crippen molar-refractivity contribution in [2.24, 2.45) is 16.6 Å². The van der Waals surface area contributed by atoms with Crippen LogP contribution in [0.3, 0.4) is 0 Å². The lowest BCUT2D eigenvalue weighted by atomic mass is 9.75. The summed E-state index contributed by atoms with van der Waals surface area (Å²) < 4.78 is 0. The second-order valence-corrected chi connectivity index (χ2v) is 8.20. The summed E-state index contributed by atoms with van der Waals surface area (Å²) in [4.78, 5) is 39.8. The van der Waals surface area contributed by atoms with Gasteiger partial charge in [-0.25, -0.2) is 15.1 Å². The highest BCUT2D eigenvalue weighted by Crippen LogP contribution is 2.10. The number of nitrogens with zero attached hydrogens (tertiary/aromatic N) is 2. The summed E-state index contributed by atoms with van der Waals surface area (Å²) in [5.74, 6) is -2.25. The molecule has 2 amide bonds. The molecule has 0 saturated heterocycles. The second kappa shape index (κ2) is 14.7. The number of hydrogen-bond donors (Lipinski definition) is 6. The van der Waals surface area contributed by atoms with E-state index >= 15 is 0 Å². The first-order chi connectivity index (χ1) is 16.0. The molecule has 1 aromatic rings.